The van der Waals surface area contributed by atoms with E-state index in [-0.39, 0.29) is 11.9 Å². The molecule has 15 heavy (non-hydrogen) atoms. The van der Waals surface area contributed by atoms with Gasteiger partial charge in [0.25, 0.3) is 0 Å². The molecule has 1 aliphatic heterocycles. The molecule has 1 amide bonds. The van der Waals surface area contributed by atoms with E-state index in [1.165, 1.54) is 0 Å². The predicted molar refractivity (Wildman–Crippen MR) is 55.0 cm³/mol. The normalized spacial score (nSPS) is 21.5. The van der Waals surface area contributed by atoms with Crippen LogP contribution in [0.25, 0.3) is 0 Å². The summed E-state index contributed by atoms with van der Waals surface area (Å²) in [4.78, 5) is 11.7. The van der Waals surface area contributed by atoms with Crippen LogP contribution in [0.2, 0.25) is 0 Å². The van der Waals surface area contributed by atoms with Crippen LogP contribution in [0.5, 0.6) is 0 Å². The molecule has 1 N–H and O–H groups in total. The maximum absolute atomic E-state index is 11.7. The first kappa shape index (κ1) is 9.78. The number of nitrogens with zero attached hydrogens (tertiary/aromatic N) is 2. The summed E-state index contributed by atoms with van der Waals surface area (Å²) in [5.41, 5.74) is 0.553. The Bertz CT molecular complexity index is 402. The van der Waals surface area contributed by atoms with Crippen molar-refractivity contribution in [3.63, 3.8) is 0 Å². The minimum Gasteiger partial charge on any atom is -0.354 e. The van der Waals surface area contributed by atoms with Gasteiger partial charge in [0.1, 0.15) is 17.8 Å². The Morgan fingerprint density at radius 2 is 2.40 bits per heavy atom. The lowest BCUT2D eigenvalue weighted by atomic mass is 10.1. The van der Waals surface area contributed by atoms with Gasteiger partial charge in [0.05, 0.1) is 0 Å². The average molecular weight is 203 g/mol. The van der Waals surface area contributed by atoms with E-state index in [0.29, 0.717) is 5.69 Å². The van der Waals surface area contributed by atoms with Crippen molar-refractivity contribution in [3.8, 4) is 6.07 Å². The number of carbonyl (C=O) groups excluding carboxylic acids is 1. The largest absolute Gasteiger partial charge is 0.354 e. The third-order valence-corrected chi connectivity index (χ3v) is 2.74. The van der Waals surface area contributed by atoms with Crippen LogP contribution in [0, 0.1) is 11.3 Å². The highest BCUT2D eigenvalue weighted by Crippen LogP contribution is 2.20. The van der Waals surface area contributed by atoms with Crippen molar-refractivity contribution in [1.29, 1.82) is 5.26 Å². The molecule has 2 heterocycles. The van der Waals surface area contributed by atoms with Gasteiger partial charge in [-0.05, 0) is 31.4 Å². The first-order valence-electron chi connectivity index (χ1n) is 5.17. The highest BCUT2D eigenvalue weighted by atomic mass is 16.2. The molecule has 78 valence electrons. The summed E-state index contributed by atoms with van der Waals surface area (Å²) in [5.74, 6) is 0.0280. The molecular formula is C11H13N3O. The fourth-order valence-electron chi connectivity index (χ4n) is 1.95. The van der Waals surface area contributed by atoms with E-state index in [9.17, 15) is 4.79 Å². The van der Waals surface area contributed by atoms with E-state index >= 15 is 0 Å². The zero-order valence-electron chi connectivity index (χ0n) is 8.44. The first-order chi connectivity index (χ1) is 7.33. The topological polar surface area (TPSA) is 57.8 Å². The Kier molecular flexibility index (Phi) is 2.72. The molecule has 0 spiro atoms. The maximum atomic E-state index is 11.7. The van der Waals surface area contributed by atoms with Gasteiger partial charge < -0.3 is 9.88 Å². The van der Waals surface area contributed by atoms with Crippen LogP contribution in [0.15, 0.2) is 18.3 Å². The molecule has 1 unspecified atom stereocenters. The third kappa shape index (κ3) is 1.86. The summed E-state index contributed by atoms with van der Waals surface area (Å²) in [7, 11) is 0. The lowest BCUT2D eigenvalue weighted by molar-refractivity contribution is -0.124. The van der Waals surface area contributed by atoms with Crippen LogP contribution in [-0.2, 0) is 4.79 Å². The molecule has 1 saturated heterocycles. The second-order valence-electron chi connectivity index (χ2n) is 3.72. The Labute approximate surface area is 88.5 Å². The number of hydrogen-bond acceptors (Lipinski definition) is 2. The zero-order valence-corrected chi connectivity index (χ0v) is 8.44. The summed E-state index contributed by atoms with van der Waals surface area (Å²) in [6.07, 6.45) is 4.65. The molecule has 0 saturated carbocycles. The molecule has 0 aliphatic carbocycles. The van der Waals surface area contributed by atoms with Crippen molar-refractivity contribution in [3.05, 3.63) is 24.0 Å². The van der Waals surface area contributed by atoms with E-state index < -0.39 is 0 Å². The van der Waals surface area contributed by atoms with E-state index in [1.807, 2.05) is 0 Å². The van der Waals surface area contributed by atoms with Crippen LogP contribution < -0.4 is 5.32 Å². The summed E-state index contributed by atoms with van der Waals surface area (Å²) < 4.78 is 1.76. The Balaban J connectivity index is 2.28. The van der Waals surface area contributed by atoms with Gasteiger partial charge in [0.2, 0.25) is 5.91 Å². The van der Waals surface area contributed by atoms with Crippen molar-refractivity contribution >= 4 is 5.91 Å². The highest BCUT2D eigenvalue weighted by Gasteiger charge is 2.23. The minimum absolute atomic E-state index is 0.0280. The molecule has 4 nitrogen and oxygen atoms in total. The van der Waals surface area contributed by atoms with E-state index in [2.05, 4.69) is 11.4 Å². The number of carbonyl (C=O) groups is 1. The Morgan fingerprint density at radius 3 is 3.20 bits per heavy atom. The lowest BCUT2D eigenvalue weighted by Crippen LogP contribution is -2.31. The number of hydrogen-bond donors (Lipinski definition) is 1. The van der Waals surface area contributed by atoms with Crippen LogP contribution >= 0.6 is 0 Å². The molecule has 0 aromatic carbocycles. The third-order valence-electron chi connectivity index (χ3n) is 2.74. The second kappa shape index (κ2) is 4.18. The molecule has 1 aromatic heterocycles. The lowest BCUT2D eigenvalue weighted by Gasteiger charge is -2.15. The standard InChI is InChI=1S/C11H13N3O/c12-8-9-4-3-7-14(9)10-5-1-2-6-13-11(10)15/h3-4,7,10H,1-2,5-6H2,(H,13,15). The number of rotatable bonds is 1. The van der Waals surface area contributed by atoms with Crippen LogP contribution in [0.1, 0.15) is 31.0 Å². The van der Waals surface area contributed by atoms with E-state index in [1.54, 1.807) is 22.9 Å². The quantitative estimate of drug-likeness (QED) is 0.745. The second-order valence-corrected chi connectivity index (χ2v) is 3.72. The van der Waals surface area contributed by atoms with E-state index in [4.69, 9.17) is 5.26 Å². The van der Waals surface area contributed by atoms with Gasteiger partial charge in [-0.15, -0.1) is 0 Å². The SMILES string of the molecule is N#Cc1cccn1C1CCCCNC1=O. The summed E-state index contributed by atoms with van der Waals surface area (Å²) in [6, 6.07) is 5.42. The van der Waals surface area contributed by atoms with Crippen LogP contribution in [-0.4, -0.2) is 17.0 Å². The van der Waals surface area contributed by atoms with E-state index in [0.717, 1.165) is 25.8 Å². The van der Waals surface area contributed by atoms with Gasteiger partial charge >= 0.3 is 0 Å². The van der Waals surface area contributed by atoms with Crippen LogP contribution in [0.4, 0.5) is 0 Å². The minimum atomic E-state index is -0.211. The van der Waals surface area contributed by atoms with Crippen molar-refractivity contribution in [2.45, 2.75) is 25.3 Å². The number of aromatic nitrogens is 1. The fourth-order valence-corrected chi connectivity index (χ4v) is 1.95. The summed E-state index contributed by atoms with van der Waals surface area (Å²) in [5, 5.41) is 11.8. The molecule has 4 heteroatoms. The average Bonchev–Trinajstić information content (AvgIpc) is 2.61. The smallest absolute Gasteiger partial charge is 0.243 e. The fraction of sp³-hybridized carbons (Fsp3) is 0.455. The Hall–Kier alpha value is -1.76. The number of nitrogens with one attached hydrogen (secondary N) is 1. The van der Waals surface area contributed by atoms with Crippen LogP contribution in [0.3, 0.4) is 0 Å². The number of amides is 1. The summed E-state index contributed by atoms with van der Waals surface area (Å²) >= 11 is 0. The Morgan fingerprint density at radius 1 is 1.53 bits per heavy atom. The van der Waals surface area contributed by atoms with Crippen molar-refractivity contribution in [1.82, 2.24) is 9.88 Å². The molecule has 0 radical (unpaired) electrons. The highest BCUT2D eigenvalue weighted by molar-refractivity contribution is 5.80. The molecule has 0 bridgehead atoms. The van der Waals surface area contributed by atoms with Gasteiger partial charge in [-0.25, -0.2) is 0 Å². The van der Waals surface area contributed by atoms with Gasteiger partial charge in [-0.1, -0.05) is 0 Å². The maximum Gasteiger partial charge on any atom is 0.243 e. The van der Waals surface area contributed by atoms with Crippen molar-refractivity contribution < 1.29 is 4.79 Å². The van der Waals surface area contributed by atoms with Crippen molar-refractivity contribution in [2.75, 3.05) is 6.54 Å². The van der Waals surface area contributed by atoms with Gasteiger partial charge in [-0.3, -0.25) is 4.79 Å². The predicted octanol–water partition coefficient (Wildman–Crippen LogP) is 1.20. The zero-order chi connectivity index (χ0) is 10.7. The first-order valence-corrected chi connectivity index (χ1v) is 5.17. The van der Waals surface area contributed by atoms with Gasteiger partial charge in [-0.2, -0.15) is 5.26 Å². The number of nitriles is 1. The van der Waals surface area contributed by atoms with Gasteiger partial charge in [0, 0.05) is 12.7 Å². The molecule has 1 fully saturated rings. The van der Waals surface area contributed by atoms with Crippen molar-refractivity contribution in [2.24, 2.45) is 0 Å². The molecule has 1 atom stereocenters. The molecular weight excluding hydrogens is 190 g/mol. The van der Waals surface area contributed by atoms with Gasteiger partial charge in [0.15, 0.2) is 0 Å². The molecule has 1 aliphatic rings. The summed E-state index contributed by atoms with van der Waals surface area (Å²) in [6.45, 7) is 0.749. The molecule has 2 rings (SSSR count). The molecule has 1 aromatic rings. The monoisotopic (exact) mass is 203 g/mol.